The number of rotatable bonds is 9. The molecule has 3 fully saturated rings. The van der Waals surface area contributed by atoms with E-state index in [0.29, 0.717) is 11.8 Å². The van der Waals surface area contributed by atoms with Gasteiger partial charge in [0.05, 0.1) is 34.6 Å². The number of amides is 4. The van der Waals surface area contributed by atoms with Gasteiger partial charge in [0.25, 0.3) is 11.8 Å². The molecule has 1 unspecified atom stereocenters. The molecule has 4 heterocycles. The van der Waals surface area contributed by atoms with Crippen LogP contribution < -0.4 is 16.4 Å². The molecule has 220 valence electrons. The largest absolute Gasteiger partial charge is 0.401 e. The van der Waals surface area contributed by atoms with Crippen molar-refractivity contribution in [2.75, 3.05) is 11.9 Å². The molecule has 2 saturated carbocycles. The van der Waals surface area contributed by atoms with Crippen LogP contribution in [0.5, 0.6) is 0 Å². The van der Waals surface area contributed by atoms with E-state index in [1.54, 1.807) is 18.2 Å². The van der Waals surface area contributed by atoms with Gasteiger partial charge in [-0.05, 0) is 80.7 Å². The van der Waals surface area contributed by atoms with E-state index in [2.05, 4.69) is 26.7 Å². The summed E-state index contributed by atoms with van der Waals surface area (Å²) >= 11 is 0. The average molecular weight is 580 g/mol. The number of pyridine rings is 1. The maximum atomic E-state index is 13.1. The molecule has 11 nitrogen and oxygen atoms in total. The summed E-state index contributed by atoms with van der Waals surface area (Å²) in [4.78, 5) is 63.4. The Hall–Kier alpha value is -4.80. The molecule has 43 heavy (non-hydrogen) atoms. The number of benzene rings is 1. The molecule has 4 aliphatic rings. The number of anilines is 1. The minimum absolute atomic E-state index is 0.0951. The topological polar surface area (TPSA) is 163 Å². The predicted octanol–water partition coefficient (Wildman–Crippen LogP) is 3.40. The molecular formula is C32H33N7O4. The van der Waals surface area contributed by atoms with Crippen molar-refractivity contribution in [1.82, 2.24) is 20.2 Å². The number of aromatic nitrogens is 2. The van der Waals surface area contributed by atoms with Gasteiger partial charge in [0.15, 0.2) is 0 Å². The Labute approximate surface area is 248 Å². The van der Waals surface area contributed by atoms with Crippen LogP contribution >= 0.6 is 0 Å². The number of nitrogens with two attached hydrogens (primary N) is 1. The van der Waals surface area contributed by atoms with E-state index in [1.807, 2.05) is 24.7 Å². The van der Waals surface area contributed by atoms with Crippen LogP contribution in [0.25, 0.3) is 16.5 Å². The number of H-pyrrole nitrogens is 1. The zero-order valence-electron chi connectivity index (χ0n) is 23.6. The van der Waals surface area contributed by atoms with Crippen LogP contribution in [0.15, 0.2) is 53.4 Å². The van der Waals surface area contributed by atoms with Crippen molar-refractivity contribution in [2.24, 2.45) is 22.6 Å². The van der Waals surface area contributed by atoms with Gasteiger partial charge in [0.1, 0.15) is 6.04 Å². The van der Waals surface area contributed by atoms with Crippen molar-refractivity contribution in [3.05, 3.63) is 65.2 Å². The van der Waals surface area contributed by atoms with Crippen molar-refractivity contribution in [2.45, 2.75) is 57.0 Å². The molecule has 0 radical (unpaired) electrons. The number of piperidine rings is 1. The standard InChI is InChI=1S/C32H33N7O4/c33-29(18-1-2-18)24(25-13-19-8-10-35-26(19)16-37-25)15-36-21-11-17(12-21)7-9-34-20-3-4-22-23(14-20)32(43)39(31(22)42)27-5-6-28(40)38-30(27)41/h3-4,8,10,13-18,21,27,34-35H,1-2,5-7,9,11-12,33H2,(H,38,40,41). The molecule has 1 atom stereocenters. The lowest BCUT2D eigenvalue weighted by atomic mass is 9.78. The SMILES string of the molecule is NC(=C(C=NC1CC(CCNc2ccc3c(c2)C(=O)N(C2CCC(=O)NC2=O)C3=O)C1)c1cc2cc[nH]c2cn1)C1CC1. The first-order valence-corrected chi connectivity index (χ1v) is 14.9. The zero-order chi connectivity index (χ0) is 29.7. The van der Waals surface area contributed by atoms with Crippen molar-refractivity contribution in [3.8, 4) is 0 Å². The number of hydrogen-bond acceptors (Lipinski definition) is 8. The lowest BCUT2D eigenvalue weighted by Gasteiger charge is -2.32. The molecule has 11 heteroatoms. The average Bonchev–Trinajstić information content (AvgIpc) is 3.67. The van der Waals surface area contributed by atoms with E-state index < -0.39 is 29.7 Å². The molecule has 1 saturated heterocycles. The van der Waals surface area contributed by atoms with Gasteiger partial charge in [-0.2, -0.15) is 0 Å². The van der Waals surface area contributed by atoms with Crippen LogP contribution in [0.3, 0.4) is 0 Å². The minimum Gasteiger partial charge on any atom is -0.401 e. The molecule has 2 aliphatic carbocycles. The molecule has 2 aromatic heterocycles. The highest BCUT2D eigenvalue weighted by Crippen LogP contribution is 2.38. The number of aliphatic imine (C=N–C) groups is 1. The second-order valence-corrected chi connectivity index (χ2v) is 12.0. The highest BCUT2D eigenvalue weighted by Gasteiger charge is 2.44. The van der Waals surface area contributed by atoms with Gasteiger partial charge >= 0.3 is 0 Å². The van der Waals surface area contributed by atoms with E-state index >= 15 is 0 Å². The molecule has 7 rings (SSSR count). The number of hydrogen-bond donors (Lipinski definition) is 4. The molecule has 3 aromatic rings. The van der Waals surface area contributed by atoms with Gasteiger partial charge in [-0.3, -0.25) is 39.4 Å². The van der Waals surface area contributed by atoms with Crippen molar-refractivity contribution in [3.63, 3.8) is 0 Å². The molecule has 4 amide bonds. The number of aromatic amines is 1. The van der Waals surface area contributed by atoms with E-state index in [1.165, 1.54) is 0 Å². The van der Waals surface area contributed by atoms with Gasteiger partial charge in [-0.1, -0.05) is 0 Å². The Morgan fingerprint density at radius 2 is 1.88 bits per heavy atom. The number of nitrogens with zero attached hydrogens (tertiary/aromatic N) is 3. The third kappa shape index (κ3) is 5.19. The molecule has 5 N–H and O–H groups in total. The molecular weight excluding hydrogens is 546 g/mol. The fraction of sp³-hybridized carbons (Fsp3) is 0.375. The predicted molar refractivity (Wildman–Crippen MR) is 161 cm³/mol. The van der Waals surface area contributed by atoms with E-state index in [0.717, 1.165) is 77.1 Å². The Balaban J connectivity index is 0.928. The first-order chi connectivity index (χ1) is 20.9. The Morgan fingerprint density at radius 3 is 2.67 bits per heavy atom. The Morgan fingerprint density at radius 1 is 1.07 bits per heavy atom. The number of carbonyl (C=O) groups excluding carboxylic acids is 4. The molecule has 2 aliphatic heterocycles. The molecule has 0 bridgehead atoms. The third-order valence-corrected chi connectivity index (χ3v) is 8.99. The second-order valence-electron chi connectivity index (χ2n) is 12.0. The van der Waals surface area contributed by atoms with Crippen LogP contribution in [-0.4, -0.2) is 63.3 Å². The summed E-state index contributed by atoms with van der Waals surface area (Å²) in [7, 11) is 0. The summed E-state index contributed by atoms with van der Waals surface area (Å²) in [5.41, 5.74) is 11.5. The maximum absolute atomic E-state index is 13.1. The third-order valence-electron chi connectivity index (χ3n) is 8.99. The summed E-state index contributed by atoms with van der Waals surface area (Å²) < 4.78 is 0. The van der Waals surface area contributed by atoms with Crippen LogP contribution in [0.2, 0.25) is 0 Å². The van der Waals surface area contributed by atoms with Gasteiger partial charge in [0, 0.05) is 47.7 Å². The first-order valence-electron chi connectivity index (χ1n) is 14.9. The van der Waals surface area contributed by atoms with Gasteiger partial charge in [-0.25, -0.2) is 0 Å². The van der Waals surface area contributed by atoms with E-state index in [9.17, 15) is 19.2 Å². The number of imide groups is 2. The van der Waals surface area contributed by atoms with Crippen LogP contribution in [0.4, 0.5) is 5.69 Å². The lowest BCUT2D eigenvalue weighted by molar-refractivity contribution is -0.136. The van der Waals surface area contributed by atoms with Crippen LogP contribution in [0.1, 0.15) is 71.4 Å². The quantitative estimate of drug-likeness (QED) is 0.223. The smallest absolute Gasteiger partial charge is 0.262 e. The normalized spacial score (nSPS) is 24.3. The lowest BCUT2D eigenvalue weighted by Crippen LogP contribution is -2.54. The van der Waals surface area contributed by atoms with E-state index in [4.69, 9.17) is 10.7 Å². The van der Waals surface area contributed by atoms with Gasteiger partial charge in [0.2, 0.25) is 11.8 Å². The van der Waals surface area contributed by atoms with Crippen molar-refractivity contribution in [1.29, 1.82) is 0 Å². The molecule has 1 aromatic carbocycles. The van der Waals surface area contributed by atoms with Crippen molar-refractivity contribution < 1.29 is 19.2 Å². The first kappa shape index (κ1) is 27.1. The fourth-order valence-corrected chi connectivity index (χ4v) is 6.24. The number of nitrogens with one attached hydrogen (secondary N) is 3. The fourth-order valence-electron chi connectivity index (χ4n) is 6.24. The molecule has 0 spiro atoms. The second kappa shape index (κ2) is 10.8. The van der Waals surface area contributed by atoms with Crippen LogP contribution in [0, 0.1) is 11.8 Å². The highest BCUT2D eigenvalue weighted by atomic mass is 16.2. The minimum atomic E-state index is -0.966. The number of fused-ring (bicyclic) bond motifs is 2. The van der Waals surface area contributed by atoms with Gasteiger partial charge in [-0.15, -0.1) is 0 Å². The summed E-state index contributed by atoms with van der Waals surface area (Å²) in [6.07, 6.45) is 11.1. The summed E-state index contributed by atoms with van der Waals surface area (Å²) in [6, 6.07) is 8.46. The summed E-state index contributed by atoms with van der Waals surface area (Å²) in [6.45, 7) is 0.721. The summed E-state index contributed by atoms with van der Waals surface area (Å²) in [5.74, 6) is -1.05. The van der Waals surface area contributed by atoms with E-state index in [-0.39, 0.29) is 30.0 Å². The number of allylic oxidation sites excluding steroid dienone is 2. The zero-order valence-corrected chi connectivity index (χ0v) is 23.6. The highest BCUT2D eigenvalue weighted by molar-refractivity contribution is 6.23. The van der Waals surface area contributed by atoms with Gasteiger partial charge < -0.3 is 16.0 Å². The Bertz CT molecular complexity index is 1710. The van der Waals surface area contributed by atoms with Crippen LogP contribution in [-0.2, 0) is 9.59 Å². The maximum Gasteiger partial charge on any atom is 0.262 e. The monoisotopic (exact) mass is 579 g/mol. The van der Waals surface area contributed by atoms with Crippen molar-refractivity contribution >= 4 is 52.0 Å². The Kier molecular flexibility index (Phi) is 6.79. The summed E-state index contributed by atoms with van der Waals surface area (Å²) in [5, 5.41) is 6.69. The number of carbonyl (C=O) groups is 4.